The van der Waals surface area contributed by atoms with E-state index in [2.05, 4.69) is 43.2 Å². The molecule has 1 N–H and O–H groups in total. The van der Waals surface area contributed by atoms with Gasteiger partial charge in [0.2, 0.25) is 0 Å². The minimum absolute atomic E-state index is 0.553. The Kier molecular flexibility index (Phi) is 5.09. The SMILES string of the molecule is CC(C)CC(CN(C)C)NC1=NCCC1. The lowest BCUT2D eigenvalue weighted by Gasteiger charge is -2.24. The largest absolute Gasteiger partial charge is 0.370 e. The summed E-state index contributed by atoms with van der Waals surface area (Å²) in [5.41, 5.74) is 0. The minimum atomic E-state index is 0.553. The average Bonchev–Trinajstić information content (AvgIpc) is 2.53. The number of amidine groups is 1. The van der Waals surface area contributed by atoms with Crippen molar-refractivity contribution < 1.29 is 0 Å². The first-order valence-corrected chi connectivity index (χ1v) is 6.02. The third-order valence-electron chi connectivity index (χ3n) is 2.59. The number of aliphatic imine (C=N–C) groups is 1. The quantitative estimate of drug-likeness (QED) is 0.750. The lowest BCUT2D eigenvalue weighted by molar-refractivity contribution is 0.327. The van der Waals surface area contributed by atoms with E-state index in [0.29, 0.717) is 6.04 Å². The number of rotatable bonds is 5. The van der Waals surface area contributed by atoms with Crippen molar-refractivity contribution in [1.29, 1.82) is 0 Å². The van der Waals surface area contributed by atoms with Gasteiger partial charge in [0.1, 0.15) is 0 Å². The summed E-state index contributed by atoms with van der Waals surface area (Å²) in [4.78, 5) is 6.72. The van der Waals surface area contributed by atoms with Gasteiger partial charge in [-0.25, -0.2) is 0 Å². The molecule has 15 heavy (non-hydrogen) atoms. The second kappa shape index (κ2) is 6.11. The zero-order valence-corrected chi connectivity index (χ0v) is 10.6. The molecule has 0 fully saturated rings. The van der Waals surface area contributed by atoms with Crippen LogP contribution >= 0.6 is 0 Å². The van der Waals surface area contributed by atoms with Crippen molar-refractivity contribution in [3.8, 4) is 0 Å². The Balaban J connectivity index is 2.40. The highest BCUT2D eigenvalue weighted by molar-refractivity contribution is 5.83. The zero-order valence-electron chi connectivity index (χ0n) is 10.6. The third-order valence-corrected chi connectivity index (χ3v) is 2.59. The molecule has 1 aliphatic rings. The first kappa shape index (κ1) is 12.5. The molecule has 1 heterocycles. The summed E-state index contributed by atoms with van der Waals surface area (Å²) in [5, 5.41) is 3.59. The third kappa shape index (κ3) is 5.17. The smallest absolute Gasteiger partial charge is 0.0966 e. The summed E-state index contributed by atoms with van der Waals surface area (Å²) in [5.74, 6) is 1.96. The van der Waals surface area contributed by atoms with Gasteiger partial charge >= 0.3 is 0 Å². The van der Waals surface area contributed by atoms with Gasteiger partial charge in [-0.1, -0.05) is 13.8 Å². The van der Waals surface area contributed by atoms with Crippen LogP contribution in [0.25, 0.3) is 0 Å². The van der Waals surface area contributed by atoms with Gasteiger partial charge in [-0.15, -0.1) is 0 Å². The summed E-state index contributed by atoms with van der Waals surface area (Å²) in [6.07, 6.45) is 3.58. The predicted octanol–water partition coefficient (Wildman–Crippen LogP) is 1.74. The monoisotopic (exact) mass is 211 g/mol. The van der Waals surface area contributed by atoms with Crippen LogP contribution in [0.15, 0.2) is 4.99 Å². The Morgan fingerprint density at radius 2 is 2.13 bits per heavy atom. The van der Waals surface area contributed by atoms with Crippen LogP contribution in [0, 0.1) is 5.92 Å². The summed E-state index contributed by atoms with van der Waals surface area (Å²) in [6.45, 7) is 6.66. The van der Waals surface area contributed by atoms with E-state index in [4.69, 9.17) is 0 Å². The summed E-state index contributed by atoms with van der Waals surface area (Å²) in [7, 11) is 4.26. The van der Waals surface area contributed by atoms with Crippen LogP contribution in [0.2, 0.25) is 0 Å². The van der Waals surface area contributed by atoms with Gasteiger partial charge in [0.05, 0.1) is 5.84 Å². The summed E-state index contributed by atoms with van der Waals surface area (Å²) in [6, 6.07) is 0.553. The van der Waals surface area contributed by atoms with E-state index < -0.39 is 0 Å². The van der Waals surface area contributed by atoms with E-state index in [-0.39, 0.29) is 0 Å². The number of hydrogen-bond acceptors (Lipinski definition) is 3. The van der Waals surface area contributed by atoms with E-state index >= 15 is 0 Å². The molecule has 1 atom stereocenters. The minimum Gasteiger partial charge on any atom is -0.370 e. The number of likely N-dealkylation sites (N-methyl/N-ethyl adjacent to an activating group) is 1. The van der Waals surface area contributed by atoms with Crippen molar-refractivity contribution >= 4 is 5.84 Å². The molecule has 0 aromatic heterocycles. The molecule has 1 rings (SSSR count). The van der Waals surface area contributed by atoms with Crippen LogP contribution in [0.3, 0.4) is 0 Å². The highest BCUT2D eigenvalue weighted by atomic mass is 15.1. The Labute approximate surface area is 94.0 Å². The Bertz CT molecular complexity index is 199. The average molecular weight is 211 g/mol. The summed E-state index contributed by atoms with van der Waals surface area (Å²) < 4.78 is 0. The van der Waals surface area contributed by atoms with Crippen LogP contribution in [0.4, 0.5) is 0 Å². The molecule has 1 aliphatic heterocycles. The van der Waals surface area contributed by atoms with E-state index in [1.807, 2.05) is 0 Å². The first-order chi connectivity index (χ1) is 7.08. The normalized spacial score (nSPS) is 18.4. The molecule has 3 heteroatoms. The molecule has 1 unspecified atom stereocenters. The van der Waals surface area contributed by atoms with Gasteiger partial charge in [-0.2, -0.15) is 0 Å². The van der Waals surface area contributed by atoms with E-state index in [1.165, 1.54) is 18.7 Å². The van der Waals surface area contributed by atoms with E-state index in [1.54, 1.807) is 0 Å². The fourth-order valence-corrected chi connectivity index (χ4v) is 2.08. The maximum atomic E-state index is 4.48. The lowest BCUT2D eigenvalue weighted by atomic mass is 10.0. The maximum Gasteiger partial charge on any atom is 0.0966 e. The highest BCUT2D eigenvalue weighted by Gasteiger charge is 2.15. The van der Waals surface area contributed by atoms with Gasteiger partial charge in [0.15, 0.2) is 0 Å². The van der Waals surface area contributed by atoms with Crippen LogP contribution < -0.4 is 5.32 Å². The number of nitrogens with one attached hydrogen (secondary N) is 1. The lowest BCUT2D eigenvalue weighted by Crippen LogP contribution is -2.41. The molecule has 0 saturated heterocycles. The van der Waals surface area contributed by atoms with Crippen molar-refractivity contribution in [3.05, 3.63) is 0 Å². The van der Waals surface area contributed by atoms with Gasteiger partial charge in [0.25, 0.3) is 0 Å². The molecule has 3 nitrogen and oxygen atoms in total. The van der Waals surface area contributed by atoms with Crippen LogP contribution in [0.5, 0.6) is 0 Å². The fraction of sp³-hybridized carbons (Fsp3) is 0.917. The van der Waals surface area contributed by atoms with Gasteiger partial charge in [-0.05, 0) is 32.9 Å². The first-order valence-electron chi connectivity index (χ1n) is 6.02. The molecule has 0 radical (unpaired) electrons. The van der Waals surface area contributed by atoms with Crippen molar-refractivity contribution in [2.24, 2.45) is 10.9 Å². The van der Waals surface area contributed by atoms with Crippen molar-refractivity contribution in [2.45, 2.75) is 39.2 Å². The van der Waals surface area contributed by atoms with Crippen molar-refractivity contribution in [3.63, 3.8) is 0 Å². The molecule has 0 aliphatic carbocycles. The Morgan fingerprint density at radius 3 is 2.60 bits per heavy atom. The topological polar surface area (TPSA) is 27.6 Å². The molecule has 0 amide bonds. The van der Waals surface area contributed by atoms with Crippen molar-refractivity contribution in [1.82, 2.24) is 10.2 Å². The second-order valence-electron chi connectivity index (χ2n) is 5.17. The van der Waals surface area contributed by atoms with Crippen LogP contribution in [0.1, 0.15) is 33.1 Å². The molecule has 0 bridgehead atoms. The molecule has 0 aromatic rings. The molecular formula is C12H25N3. The molecule has 0 spiro atoms. The van der Waals surface area contributed by atoms with E-state index in [0.717, 1.165) is 25.4 Å². The van der Waals surface area contributed by atoms with E-state index in [9.17, 15) is 0 Å². The Hall–Kier alpha value is -0.570. The number of nitrogens with zero attached hydrogens (tertiary/aromatic N) is 2. The fourth-order valence-electron chi connectivity index (χ4n) is 2.08. The molecular weight excluding hydrogens is 186 g/mol. The molecule has 88 valence electrons. The van der Waals surface area contributed by atoms with Gasteiger partial charge in [-0.3, -0.25) is 4.99 Å². The van der Waals surface area contributed by atoms with Crippen LogP contribution in [-0.2, 0) is 0 Å². The standard InChI is InChI=1S/C12H25N3/c1-10(2)8-11(9-15(3)4)14-12-6-5-7-13-12/h10-11H,5-9H2,1-4H3,(H,13,14). The zero-order chi connectivity index (χ0) is 11.3. The number of hydrogen-bond donors (Lipinski definition) is 1. The molecule has 0 saturated carbocycles. The van der Waals surface area contributed by atoms with Crippen LogP contribution in [-0.4, -0.2) is 44.0 Å². The second-order valence-corrected chi connectivity index (χ2v) is 5.17. The molecule has 0 aromatic carbocycles. The van der Waals surface area contributed by atoms with Crippen molar-refractivity contribution in [2.75, 3.05) is 27.2 Å². The highest BCUT2D eigenvalue weighted by Crippen LogP contribution is 2.08. The maximum absolute atomic E-state index is 4.48. The van der Waals surface area contributed by atoms with Gasteiger partial charge < -0.3 is 10.2 Å². The Morgan fingerprint density at radius 1 is 1.40 bits per heavy atom. The summed E-state index contributed by atoms with van der Waals surface area (Å²) >= 11 is 0. The predicted molar refractivity (Wildman–Crippen MR) is 66.5 cm³/mol. The van der Waals surface area contributed by atoms with Gasteiger partial charge in [0, 0.05) is 25.6 Å².